The maximum atomic E-state index is 13.3. The van der Waals surface area contributed by atoms with Crippen molar-refractivity contribution < 1.29 is 22.3 Å². The minimum atomic E-state index is -3.56. The molecule has 0 aromatic heterocycles. The fourth-order valence-corrected chi connectivity index (χ4v) is 5.44. The smallest absolute Gasteiger partial charge is 0.243 e. The van der Waals surface area contributed by atoms with Crippen LogP contribution in [0, 0.1) is 11.2 Å². The number of hydrogen-bond acceptors (Lipinski definition) is 5. The quantitative estimate of drug-likeness (QED) is 0.521. The summed E-state index contributed by atoms with van der Waals surface area (Å²) in [5.41, 5.74) is 0.739. The highest BCUT2D eigenvalue weighted by molar-refractivity contribution is 7.89. The molecule has 1 amide bonds. The zero-order valence-electron chi connectivity index (χ0n) is 21.0. The summed E-state index contributed by atoms with van der Waals surface area (Å²) >= 11 is 0. The van der Waals surface area contributed by atoms with E-state index in [2.05, 4.69) is 4.90 Å². The van der Waals surface area contributed by atoms with Crippen LogP contribution >= 0.6 is 0 Å². The molecule has 0 atom stereocenters. The van der Waals surface area contributed by atoms with E-state index in [0.29, 0.717) is 58.0 Å². The molecule has 1 saturated heterocycles. The molecule has 0 unspecified atom stereocenters. The third-order valence-electron chi connectivity index (χ3n) is 6.04. The average molecular weight is 506 g/mol. The number of ether oxygens (including phenoxy) is 1. The van der Waals surface area contributed by atoms with Crippen molar-refractivity contribution in [2.24, 2.45) is 5.41 Å². The topological polar surface area (TPSA) is 70.2 Å². The second kappa shape index (κ2) is 11.5. The van der Waals surface area contributed by atoms with Gasteiger partial charge in [-0.3, -0.25) is 9.69 Å². The van der Waals surface area contributed by atoms with E-state index in [1.165, 1.54) is 16.4 Å². The van der Waals surface area contributed by atoms with Gasteiger partial charge in [0.05, 0.1) is 12.0 Å². The predicted octanol–water partition coefficient (Wildman–Crippen LogP) is 3.61. The zero-order chi connectivity index (χ0) is 25.6. The number of hydrogen-bond donors (Lipinski definition) is 0. The molecule has 1 heterocycles. The van der Waals surface area contributed by atoms with Crippen LogP contribution in [0.15, 0.2) is 53.4 Å². The Morgan fingerprint density at radius 2 is 1.60 bits per heavy atom. The number of amides is 1. The van der Waals surface area contributed by atoms with Crippen LogP contribution in [-0.4, -0.2) is 74.8 Å². The van der Waals surface area contributed by atoms with Gasteiger partial charge in [-0.05, 0) is 47.4 Å². The third kappa shape index (κ3) is 7.75. The van der Waals surface area contributed by atoms with Crippen LogP contribution in [0.1, 0.15) is 32.8 Å². The van der Waals surface area contributed by atoms with Crippen LogP contribution in [0.2, 0.25) is 0 Å². The van der Waals surface area contributed by atoms with E-state index in [0.717, 1.165) is 5.56 Å². The van der Waals surface area contributed by atoms with Crippen LogP contribution < -0.4 is 4.74 Å². The molecule has 0 aliphatic carbocycles. The first-order valence-electron chi connectivity index (χ1n) is 11.9. The molecule has 35 heavy (non-hydrogen) atoms. The summed E-state index contributed by atoms with van der Waals surface area (Å²) < 4.78 is 45.9. The second-order valence-corrected chi connectivity index (χ2v) is 12.0. The van der Waals surface area contributed by atoms with Gasteiger partial charge in [-0.15, -0.1) is 0 Å². The first-order valence-corrected chi connectivity index (χ1v) is 13.3. The first kappa shape index (κ1) is 27.1. The van der Waals surface area contributed by atoms with Gasteiger partial charge in [-0.25, -0.2) is 12.8 Å². The Morgan fingerprint density at radius 3 is 2.14 bits per heavy atom. The van der Waals surface area contributed by atoms with Gasteiger partial charge in [0.2, 0.25) is 15.9 Å². The van der Waals surface area contributed by atoms with Crippen LogP contribution in [0.5, 0.6) is 5.75 Å². The number of benzene rings is 2. The van der Waals surface area contributed by atoms with E-state index in [1.807, 2.05) is 25.7 Å². The number of sulfonamides is 1. The molecule has 1 aliphatic heterocycles. The van der Waals surface area contributed by atoms with Crippen molar-refractivity contribution in [2.75, 3.05) is 46.4 Å². The summed E-state index contributed by atoms with van der Waals surface area (Å²) in [4.78, 5) is 17.3. The molecule has 7 nitrogen and oxygen atoms in total. The summed E-state index contributed by atoms with van der Waals surface area (Å²) in [6.45, 7) is 9.65. The van der Waals surface area contributed by atoms with Gasteiger partial charge >= 0.3 is 0 Å². The van der Waals surface area contributed by atoms with Gasteiger partial charge < -0.3 is 9.64 Å². The maximum Gasteiger partial charge on any atom is 0.243 e. The highest BCUT2D eigenvalue weighted by Crippen LogP contribution is 2.22. The maximum absolute atomic E-state index is 13.3. The highest BCUT2D eigenvalue weighted by atomic mass is 32.2. The lowest BCUT2D eigenvalue weighted by Crippen LogP contribution is -2.50. The number of carbonyl (C=O) groups is 1. The summed E-state index contributed by atoms with van der Waals surface area (Å²) in [6.07, 6.45) is 0.419. The van der Waals surface area contributed by atoms with Crippen molar-refractivity contribution in [3.05, 3.63) is 59.9 Å². The lowest BCUT2D eigenvalue weighted by Gasteiger charge is -2.35. The molecule has 1 aliphatic rings. The molecular weight excluding hydrogens is 469 g/mol. The average Bonchev–Trinajstić information content (AvgIpc) is 2.82. The number of carbonyl (C=O) groups excluding carboxylic acids is 1. The van der Waals surface area contributed by atoms with E-state index in [-0.39, 0.29) is 22.0 Å². The Labute approximate surface area is 208 Å². The lowest BCUT2D eigenvalue weighted by atomic mass is 9.91. The summed E-state index contributed by atoms with van der Waals surface area (Å²) in [6, 6.07) is 12.6. The first-order chi connectivity index (χ1) is 16.5. The molecule has 0 radical (unpaired) electrons. The molecular formula is C26H36FN3O4S. The molecule has 2 aromatic rings. The lowest BCUT2D eigenvalue weighted by molar-refractivity contribution is -0.134. The number of rotatable bonds is 9. The summed E-state index contributed by atoms with van der Waals surface area (Å²) in [7, 11) is -2.02. The fourth-order valence-electron chi connectivity index (χ4n) is 4.02. The van der Waals surface area contributed by atoms with Crippen molar-refractivity contribution in [1.82, 2.24) is 14.1 Å². The normalized spacial score (nSPS) is 15.7. The Balaban J connectivity index is 1.59. The second-order valence-electron chi connectivity index (χ2n) is 10.1. The SMILES string of the molecule is COc1ccc(S(=O)(=O)N2CCN(CCN(Cc3ccc(F)cc3)C(=O)CC(C)(C)C)CC2)cc1. The van der Waals surface area contributed by atoms with Crippen molar-refractivity contribution in [3.63, 3.8) is 0 Å². The van der Waals surface area contributed by atoms with Gasteiger partial charge in [0, 0.05) is 52.2 Å². The van der Waals surface area contributed by atoms with E-state index in [9.17, 15) is 17.6 Å². The van der Waals surface area contributed by atoms with Crippen LogP contribution in [0.25, 0.3) is 0 Å². The predicted molar refractivity (Wildman–Crippen MR) is 134 cm³/mol. The highest BCUT2D eigenvalue weighted by Gasteiger charge is 2.29. The standard InChI is InChI=1S/C26H36FN3O4S/c1-26(2,3)19-25(31)29(20-21-5-7-22(27)8-6-21)16-13-28-14-17-30(18-15-28)35(32,33)24-11-9-23(34-4)10-12-24/h5-12H,13-20H2,1-4H3. The number of halogens is 1. The Kier molecular flexibility index (Phi) is 8.90. The Bertz CT molecular complexity index is 1080. The monoisotopic (exact) mass is 505 g/mol. The summed E-state index contributed by atoms with van der Waals surface area (Å²) in [5.74, 6) is 0.367. The Morgan fingerprint density at radius 1 is 1.00 bits per heavy atom. The van der Waals surface area contributed by atoms with E-state index in [1.54, 1.807) is 43.5 Å². The van der Waals surface area contributed by atoms with Gasteiger partial charge in [-0.2, -0.15) is 4.31 Å². The minimum absolute atomic E-state index is 0.0579. The molecule has 9 heteroatoms. The molecule has 1 fully saturated rings. The largest absolute Gasteiger partial charge is 0.497 e. The number of piperazine rings is 1. The van der Waals surface area contributed by atoms with Crippen LogP contribution in [0.4, 0.5) is 4.39 Å². The molecule has 0 spiro atoms. The van der Waals surface area contributed by atoms with Crippen LogP contribution in [-0.2, 0) is 21.4 Å². The minimum Gasteiger partial charge on any atom is -0.497 e. The van der Waals surface area contributed by atoms with Crippen molar-refractivity contribution in [3.8, 4) is 5.75 Å². The Hall–Kier alpha value is -2.49. The molecule has 3 rings (SSSR count). The van der Waals surface area contributed by atoms with Gasteiger partial charge in [0.25, 0.3) is 0 Å². The van der Waals surface area contributed by atoms with Gasteiger partial charge in [0.15, 0.2) is 0 Å². The fraction of sp³-hybridized carbons (Fsp3) is 0.500. The van der Waals surface area contributed by atoms with E-state index >= 15 is 0 Å². The molecule has 0 bridgehead atoms. The van der Waals surface area contributed by atoms with Gasteiger partial charge in [0.1, 0.15) is 11.6 Å². The molecule has 0 N–H and O–H groups in total. The molecule has 2 aromatic carbocycles. The van der Waals surface area contributed by atoms with Gasteiger partial charge in [-0.1, -0.05) is 32.9 Å². The molecule has 0 saturated carbocycles. The molecule has 192 valence electrons. The summed E-state index contributed by atoms with van der Waals surface area (Å²) in [5, 5.41) is 0. The van der Waals surface area contributed by atoms with E-state index < -0.39 is 10.0 Å². The zero-order valence-corrected chi connectivity index (χ0v) is 21.9. The van der Waals surface area contributed by atoms with Crippen LogP contribution in [0.3, 0.4) is 0 Å². The van der Waals surface area contributed by atoms with Crippen molar-refractivity contribution in [2.45, 2.75) is 38.6 Å². The third-order valence-corrected chi connectivity index (χ3v) is 7.95. The number of nitrogens with zero attached hydrogens (tertiary/aromatic N) is 3. The number of methoxy groups -OCH3 is 1. The van der Waals surface area contributed by atoms with E-state index in [4.69, 9.17) is 4.74 Å². The van der Waals surface area contributed by atoms with Crippen molar-refractivity contribution in [1.29, 1.82) is 0 Å². The van der Waals surface area contributed by atoms with Crippen molar-refractivity contribution >= 4 is 15.9 Å².